The minimum atomic E-state index is -4.40. The normalized spacial score (nSPS) is 12.7. The summed E-state index contributed by atoms with van der Waals surface area (Å²) in [6.45, 7) is 1.08. The average molecular weight is 290 g/mol. The summed E-state index contributed by atoms with van der Waals surface area (Å²) in [5.41, 5.74) is -2.20. The van der Waals surface area contributed by atoms with Crippen molar-refractivity contribution in [3.63, 3.8) is 0 Å². The summed E-state index contributed by atoms with van der Waals surface area (Å²) in [6, 6.07) is 3.02. The van der Waals surface area contributed by atoms with Crippen molar-refractivity contribution in [1.29, 1.82) is 15.8 Å². The van der Waals surface area contributed by atoms with E-state index in [1.807, 2.05) is 0 Å². The van der Waals surface area contributed by atoms with E-state index in [-0.39, 0.29) is 5.75 Å². The summed E-state index contributed by atoms with van der Waals surface area (Å²) in [7, 11) is 0. The van der Waals surface area contributed by atoms with Gasteiger partial charge in [-0.25, -0.2) is 0 Å². The zero-order valence-electron chi connectivity index (χ0n) is 9.78. The van der Waals surface area contributed by atoms with Crippen LogP contribution in [0.4, 0.5) is 13.2 Å². The van der Waals surface area contributed by atoms with E-state index in [1.165, 1.54) is 18.2 Å². The number of nitrogens with zero attached hydrogens (tertiary/aromatic N) is 3. The van der Waals surface area contributed by atoms with Crippen molar-refractivity contribution in [2.75, 3.05) is 11.5 Å². The number of carbonyl (C=O) groups excluding carboxylic acids is 1. The molecule has 1 N–H and O–H groups in total. The van der Waals surface area contributed by atoms with Gasteiger partial charge in [-0.2, -0.15) is 40.7 Å². The first-order valence-electron chi connectivity index (χ1n) is 4.86. The van der Waals surface area contributed by atoms with Gasteiger partial charge < -0.3 is 5.32 Å². The van der Waals surface area contributed by atoms with Crippen molar-refractivity contribution in [3.05, 3.63) is 0 Å². The number of amides is 1. The fourth-order valence-corrected chi connectivity index (χ4v) is 2.04. The first kappa shape index (κ1) is 17.1. The third-order valence-electron chi connectivity index (χ3n) is 1.98. The van der Waals surface area contributed by atoms with Gasteiger partial charge in [-0.1, -0.05) is 0 Å². The molecule has 1 unspecified atom stereocenters. The summed E-state index contributed by atoms with van der Waals surface area (Å²) < 4.78 is 36.0. The Morgan fingerprint density at radius 2 is 1.74 bits per heavy atom. The quantitative estimate of drug-likeness (QED) is 0.823. The van der Waals surface area contributed by atoms with Crippen LogP contribution in [0.15, 0.2) is 0 Å². The third kappa shape index (κ3) is 5.50. The summed E-state index contributed by atoms with van der Waals surface area (Å²) in [4.78, 5) is 10.9. The van der Waals surface area contributed by atoms with Gasteiger partial charge in [-0.05, 0) is 0 Å². The number of nitriles is 3. The summed E-state index contributed by atoms with van der Waals surface area (Å²) >= 11 is 0.390. The summed E-state index contributed by atoms with van der Waals surface area (Å²) in [5.74, 6) is -2.20. The maximum Gasteiger partial charge on any atom is 0.397 e. The lowest BCUT2D eigenvalue weighted by atomic mass is 9.85. The van der Waals surface area contributed by atoms with Crippen LogP contribution in [0.25, 0.3) is 0 Å². The van der Waals surface area contributed by atoms with E-state index >= 15 is 0 Å². The third-order valence-corrected chi connectivity index (χ3v) is 3.08. The smallest absolute Gasteiger partial charge is 0.349 e. The lowest BCUT2D eigenvalue weighted by Gasteiger charge is -2.23. The minimum absolute atomic E-state index is 0.367. The molecule has 0 rings (SSSR count). The van der Waals surface area contributed by atoms with E-state index in [1.54, 1.807) is 0 Å². The maximum atomic E-state index is 12.0. The molecule has 102 valence electrons. The zero-order chi connectivity index (χ0) is 15.1. The second-order valence-corrected chi connectivity index (χ2v) is 4.56. The fourth-order valence-electron chi connectivity index (χ4n) is 1.12. The van der Waals surface area contributed by atoms with Crippen LogP contribution in [0.3, 0.4) is 0 Å². The molecule has 9 heteroatoms. The second-order valence-electron chi connectivity index (χ2n) is 3.53. The first-order valence-corrected chi connectivity index (χ1v) is 6.01. The van der Waals surface area contributed by atoms with Gasteiger partial charge in [0.05, 0.1) is 11.8 Å². The van der Waals surface area contributed by atoms with Gasteiger partial charge in [-0.3, -0.25) is 4.79 Å². The van der Waals surface area contributed by atoms with E-state index in [0.717, 1.165) is 6.92 Å². The standard InChI is InChI=1S/C10H9F3N4OS/c1-7(18)17-8(2-19-6-10(11,12)13)9(3-14,4-15)5-16/h8H,2,6H2,1H3,(H,17,18). The number of nitrogens with one attached hydrogen (secondary N) is 1. The Morgan fingerprint density at radius 1 is 1.26 bits per heavy atom. The molecule has 0 spiro atoms. The van der Waals surface area contributed by atoms with Crippen molar-refractivity contribution in [2.45, 2.75) is 19.1 Å². The predicted molar refractivity (Wildman–Crippen MR) is 60.3 cm³/mol. The molecule has 0 saturated carbocycles. The molecule has 0 saturated heterocycles. The van der Waals surface area contributed by atoms with E-state index in [9.17, 15) is 18.0 Å². The number of carbonyl (C=O) groups is 1. The molecule has 0 fully saturated rings. The molecule has 0 heterocycles. The topological polar surface area (TPSA) is 100 Å². The van der Waals surface area contributed by atoms with Gasteiger partial charge in [0.25, 0.3) is 0 Å². The van der Waals surface area contributed by atoms with Crippen molar-refractivity contribution >= 4 is 17.7 Å². The van der Waals surface area contributed by atoms with Crippen LogP contribution in [0, 0.1) is 39.4 Å². The summed E-state index contributed by atoms with van der Waals surface area (Å²) in [6.07, 6.45) is -4.40. The largest absolute Gasteiger partial charge is 0.397 e. The predicted octanol–water partition coefficient (Wildman–Crippen LogP) is 1.34. The van der Waals surface area contributed by atoms with Crippen LogP contribution in [-0.4, -0.2) is 29.6 Å². The van der Waals surface area contributed by atoms with Gasteiger partial charge in [-0.15, -0.1) is 0 Å². The molecule has 5 nitrogen and oxygen atoms in total. The van der Waals surface area contributed by atoms with E-state index in [0.29, 0.717) is 11.8 Å². The van der Waals surface area contributed by atoms with Crippen LogP contribution in [0.1, 0.15) is 6.92 Å². The van der Waals surface area contributed by atoms with E-state index < -0.39 is 29.3 Å². The molecule has 0 aliphatic heterocycles. The Hall–Kier alpha value is -1.92. The van der Waals surface area contributed by atoms with Crippen LogP contribution in [-0.2, 0) is 4.79 Å². The molecule has 0 aromatic rings. The lowest BCUT2D eigenvalue weighted by Crippen LogP contribution is -2.47. The Morgan fingerprint density at radius 3 is 2.05 bits per heavy atom. The highest BCUT2D eigenvalue weighted by molar-refractivity contribution is 7.99. The van der Waals surface area contributed by atoms with Gasteiger partial charge in [0, 0.05) is 12.7 Å². The van der Waals surface area contributed by atoms with Crippen molar-refractivity contribution in [2.24, 2.45) is 5.41 Å². The van der Waals surface area contributed by atoms with Gasteiger partial charge in [0.15, 0.2) is 0 Å². The average Bonchev–Trinajstić information content (AvgIpc) is 2.29. The second kappa shape index (κ2) is 6.86. The van der Waals surface area contributed by atoms with Crippen LogP contribution >= 0.6 is 11.8 Å². The van der Waals surface area contributed by atoms with Crippen molar-refractivity contribution in [3.8, 4) is 18.2 Å². The lowest BCUT2D eigenvalue weighted by molar-refractivity contribution is -0.119. The molecule has 0 bridgehead atoms. The molecule has 0 aliphatic rings. The van der Waals surface area contributed by atoms with Crippen molar-refractivity contribution in [1.82, 2.24) is 5.32 Å². The van der Waals surface area contributed by atoms with E-state index in [4.69, 9.17) is 15.8 Å². The Kier molecular flexibility index (Phi) is 6.17. The number of alkyl halides is 3. The Labute approximate surface area is 112 Å². The van der Waals surface area contributed by atoms with Gasteiger partial charge >= 0.3 is 6.18 Å². The molecule has 0 aliphatic carbocycles. The number of thioether (sulfide) groups is 1. The van der Waals surface area contributed by atoms with Gasteiger partial charge in [0.2, 0.25) is 11.3 Å². The first-order chi connectivity index (χ1) is 8.70. The molecule has 19 heavy (non-hydrogen) atoms. The highest BCUT2D eigenvalue weighted by atomic mass is 32.2. The minimum Gasteiger partial charge on any atom is -0.349 e. The molecule has 0 aromatic carbocycles. The zero-order valence-corrected chi connectivity index (χ0v) is 10.6. The SMILES string of the molecule is CC(=O)NC(CSCC(F)(F)F)C(C#N)(C#N)C#N. The number of hydrogen-bond acceptors (Lipinski definition) is 5. The highest BCUT2D eigenvalue weighted by Gasteiger charge is 2.41. The van der Waals surface area contributed by atoms with Crippen LogP contribution < -0.4 is 5.32 Å². The molecule has 1 atom stereocenters. The maximum absolute atomic E-state index is 12.0. The number of rotatable bonds is 5. The Balaban J connectivity index is 4.94. The molecular weight excluding hydrogens is 281 g/mol. The summed E-state index contributed by atoms with van der Waals surface area (Å²) in [5, 5.41) is 28.7. The fraction of sp³-hybridized carbons (Fsp3) is 0.600. The van der Waals surface area contributed by atoms with Crippen LogP contribution in [0.2, 0.25) is 0 Å². The van der Waals surface area contributed by atoms with Crippen molar-refractivity contribution < 1.29 is 18.0 Å². The number of halogens is 3. The molecule has 0 radical (unpaired) electrons. The van der Waals surface area contributed by atoms with Crippen LogP contribution in [0.5, 0.6) is 0 Å². The van der Waals surface area contributed by atoms with Gasteiger partial charge in [0.1, 0.15) is 18.2 Å². The van der Waals surface area contributed by atoms with E-state index in [2.05, 4.69) is 5.32 Å². The molecular formula is C10H9F3N4OS. The number of hydrogen-bond donors (Lipinski definition) is 1. The monoisotopic (exact) mass is 290 g/mol. The molecule has 1 amide bonds. The molecule has 0 aromatic heterocycles. The Bertz CT molecular complexity index is 421. The highest BCUT2D eigenvalue weighted by Crippen LogP contribution is 2.26.